The van der Waals surface area contributed by atoms with Gasteiger partial charge in [-0.1, -0.05) is 6.07 Å². The number of methoxy groups -OCH3 is 1. The lowest BCUT2D eigenvalue weighted by Crippen LogP contribution is -2.05. The molecule has 1 aromatic carbocycles. The molecule has 0 spiro atoms. The Hall–Kier alpha value is -2.01. The smallest absolute Gasteiger partial charge is 0.130 e. The van der Waals surface area contributed by atoms with Crippen LogP contribution in [-0.2, 0) is 20.2 Å². The summed E-state index contributed by atoms with van der Waals surface area (Å²) in [5, 5.41) is 0. The molecule has 2 aromatic rings. The minimum atomic E-state index is 0.435. The zero-order valence-electron chi connectivity index (χ0n) is 10.6. The first-order chi connectivity index (χ1) is 8.74. The van der Waals surface area contributed by atoms with Gasteiger partial charge >= 0.3 is 0 Å². The molecular formula is C13H17N3O2. The van der Waals surface area contributed by atoms with Gasteiger partial charge in [0.15, 0.2) is 0 Å². The molecular weight excluding hydrogens is 230 g/mol. The number of hydrogen-bond acceptors (Lipinski definition) is 4. The van der Waals surface area contributed by atoms with Gasteiger partial charge in [0, 0.05) is 25.2 Å². The average Bonchev–Trinajstić information content (AvgIpc) is 2.81. The Kier molecular flexibility index (Phi) is 3.84. The third-order valence-electron chi connectivity index (χ3n) is 2.79. The summed E-state index contributed by atoms with van der Waals surface area (Å²) >= 11 is 0. The molecule has 5 heteroatoms. The van der Waals surface area contributed by atoms with Crippen LogP contribution in [0, 0.1) is 0 Å². The predicted molar refractivity (Wildman–Crippen MR) is 68.4 cm³/mol. The lowest BCUT2D eigenvalue weighted by Gasteiger charge is -2.12. The van der Waals surface area contributed by atoms with Gasteiger partial charge in [-0.25, -0.2) is 4.98 Å². The molecule has 0 bridgehead atoms. The maximum absolute atomic E-state index is 5.77. The largest absolute Gasteiger partial charge is 0.497 e. The second kappa shape index (κ2) is 5.55. The molecule has 1 aromatic heterocycles. The maximum Gasteiger partial charge on any atom is 0.130 e. The van der Waals surface area contributed by atoms with Crippen molar-refractivity contribution in [3.05, 3.63) is 42.0 Å². The molecule has 0 atom stereocenters. The summed E-state index contributed by atoms with van der Waals surface area (Å²) in [6.45, 7) is 0.890. The molecule has 0 aliphatic rings. The maximum atomic E-state index is 5.77. The highest BCUT2D eigenvalue weighted by atomic mass is 16.5. The SMILES string of the molecule is COc1ccc(CN)c(OCc2cncn2C)c1. The summed E-state index contributed by atoms with van der Waals surface area (Å²) in [7, 11) is 3.56. The number of benzene rings is 1. The van der Waals surface area contributed by atoms with Crippen molar-refractivity contribution in [3.8, 4) is 11.5 Å². The second-order valence-corrected chi connectivity index (χ2v) is 3.96. The van der Waals surface area contributed by atoms with Crippen LogP contribution < -0.4 is 15.2 Å². The van der Waals surface area contributed by atoms with Crippen molar-refractivity contribution < 1.29 is 9.47 Å². The van der Waals surface area contributed by atoms with Gasteiger partial charge in [0.25, 0.3) is 0 Å². The lowest BCUT2D eigenvalue weighted by molar-refractivity contribution is 0.292. The number of ether oxygens (including phenoxy) is 2. The van der Waals surface area contributed by atoms with Crippen molar-refractivity contribution in [2.24, 2.45) is 12.8 Å². The summed E-state index contributed by atoms with van der Waals surface area (Å²) in [5.41, 5.74) is 7.64. The highest BCUT2D eigenvalue weighted by Crippen LogP contribution is 2.25. The quantitative estimate of drug-likeness (QED) is 0.869. The van der Waals surface area contributed by atoms with Crippen LogP contribution >= 0.6 is 0 Å². The molecule has 0 unspecified atom stereocenters. The fraction of sp³-hybridized carbons (Fsp3) is 0.308. The number of hydrogen-bond donors (Lipinski definition) is 1. The van der Waals surface area contributed by atoms with Gasteiger partial charge in [0.2, 0.25) is 0 Å². The van der Waals surface area contributed by atoms with Crippen molar-refractivity contribution >= 4 is 0 Å². The minimum Gasteiger partial charge on any atom is -0.497 e. The van der Waals surface area contributed by atoms with Crippen LogP contribution in [0.5, 0.6) is 11.5 Å². The van der Waals surface area contributed by atoms with Gasteiger partial charge < -0.3 is 19.8 Å². The summed E-state index contributed by atoms with van der Waals surface area (Å²) in [4.78, 5) is 4.04. The third kappa shape index (κ3) is 2.62. The molecule has 18 heavy (non-hydrogen) atoms. The number of nitrogens with two attached hydrogens (primary N) is 1. The fourth-order valence-electron chi connectivity index (χ4n) is 1.64. The van der Waals surface area contributed by atoms with E-state index in [0.29, 0.717) is 13.2 Å². The van der Waals surface area contributed by atoms with Crippen molar-refractivity contribution in [3.63, 3.8) is 0 Å². The van der Waals surface area contributed by atoms with E-state index in [9.17, 15) is 0 Å². The van der Waals surface area contributed by atoms with E-state index < -0.39 is 0 Å². The number of aryl methyl sites for hydroxylation is 1. The fourth-order valence-corrected chi connectivity index (χ4v) is 1.64. The van der Waals surface area contributed by atoms with Crippen LogP contribution in [0.1, 0.15) is 11.3 Å². The molecule has 0 saturated heterocycles. The van der Waals surface area contributed by atoms with Crippen LogP contribution in [0.4, 0.5) is 0 Å². The van der Waals surface area contributed by atoms with Crippen molar-refractivity contribution in [1.82, 2.24) is 9.55 Å². The van der Waals surface area contributed by atoms with Crippen molar-refractivity contribution in [2.45, 2.75) is 13.2 Å². The van der Waals surface area contributed by atoms with E-state index in [-0.39, 0.29) is 0 Å². The first kappa shape index (κ1) is 12.4. The zero-order chi connectivity index (χ0) is 13.0. The van der Waals surface area contributed by atoms with Crippen molar-refractivity contribution in [2.75, 3.05) is 7.11 Å². The molecule has 0 saturated carbocycles. The van der Waals surface area contributed by atoms with Gasteiger partial charge in [-0.2, -0.15) is 0 Å². The van der Waals surface area contributed by atoms with E-state index in [0.717, 1.165) is 22.8 Å². The Morgan fingerprint density at radius 1 is 1.39 bits per heavy atom. The third-order valence-corrected chi connectivity index (χ3v) is 2.79. The van der Waals surface area contributed by atoms with Gasteiger partial charge in [-0.15, -0.1) is 0 Å². The van der Waals surface area contributed by atoms with E-state index in [1.165, 1.54) is 0 Å². The molecule has 96 valence electrons. The minimum absolute atomic E-state index is 0.435. The van der Waals surface area contributed by atoms with E-state index in [1.54, 1.807) is 19.6 Å². The number of imidazole rings is 1. The van der Waals surface area contributed by atoms with Crippen LogP contribution in [0.2, 0.25) is 0 Å². The van der Waals surface area contributed by atoms with Gasteiger partial charge in [-0.3, -0.25) is 0 Å². The predicted octanol–water partition coefficient (Wildman–Crippen LogP) is 1.47. The first-order valence-electron chi connectivity index (χ1n) is 5.69. The normalized spacial score (nSPS) is 10.4. The summed E-state index contributed by atoms with van der Waals surface area (Å²) < 4.78 is 12.9. The molecule has 2 rings (SSSR count). The van der Waals surface area contributed by atoms with E-state index in [4.69, 9.17) is 15.2 Å². The zero-order valence-corrected chi connectivity index (χ0v) is 10.6. The topological polar surface area (TPSA) is 62.3 Å². The Morgan fingerprint density at radius 2 is 2.22 bits per heavy atom. The Bertz CT molecular complexity index is 523. The van der Waals surface area contributed by atoms with E-state index >= 15 is 0 Å². The van der Waals surface area contributed by atoms with Crippen molar-refractivity contribution in [1.29, 1.82) is 0 Å². The second-order valence-electron chi connectivity index (χ2n) is 3.96. The van der Waals surface area contributed by atoms with Gasteiger partial charge in [0.05, 0.1) is 25.3 Å². The number of rotatable bonds is 5. The molecule has 0 aliphatic carbocycles. The lowest BCUT2D eigenvalue weighted by atomic mass is 10.2. The van der Waals surface area contributed by atoms with Crippen LogP contribution in [0.3, 0.4) is 0 Å². The first-order valence-corrected chi connectivity index (χ1v) is 5.69. The Balaban J connectivity index is 2.14. The van der Waals surface area contributed by atoms with Crippen LogP contribution in [-0.4, -0.2) is 16.7 Å². The molecule has 0 radical (unpaired) electrons. The highest BCUT2D eigenvalue weighted by molar-refractivity contribution is 5.40. The average molecular weight is 247 g/mol. The summed E-state index contributed by atoms with van der Waals surface area (Å²) in [6, 6.07) is 5.63. The van der Waals surface area contributed by atoms with Crippen LogP contribution in [0.15, 0.2) is 30.7 Å². The number of aromatic nitrogens is 2. The van der Waals surface area contributed by atoms with E-state index in [2.05, 4.69) is 4.98 Å². The monoisotopic (exact) mass is 247 g/mol. The summed E-state index contributed by atoms with van der Waals surface area (Å²) in [6.07, 6.45) is 3.52. The molecule has 0 fully saturated rings. The Labute approximate surface area is 106 Å². The molecule has 5 nitrogen and oxygen atoms in total. The molecule has 1 heterocycles. The standard InChI is InChI=1S/C13H17N3O2/c1-16-9-15-7-11(16)8-18-13-5-12(17-2)4-3-10(13)6-14/h3-5,7,9H,6,8,14H2,1-2H3. The van der Waals surface area contributed by atoms with Gasteiger partial charge in [0.1, 0.15) is 18.1 Å². The molecule has 0 amide bonds. The molecule has 2 N–H and O–H groups in total. The number of nitrogens with zero attached hydrogens (tertiary/aromatic N) is 2. The highest BCUT2D eigenvalue weighted by Gasteiger charge is 2.06. The van der Waals surface area contributed by atoms with Gasteiger partial charge in [-0.05, 0) is 6.07 Å². The Morgan fingerprint density at radius 3 is 2.83 bits per heavy atom. The van der Waals surface area contributed by atoms with E-state index in [1.807, 2.05) is 29.8 Å². The molecule has 0 aliphatic heterocycles. The van der Waals surface area contributed by atoms with Crippen LogP contribution in [0.25, 0.3) is 0 Å². The summed E-state index contributed by atoms with van der Waals surface area (Å²) in [5.74, 6) is 1.50.